The first-order valence-electron chi connectivity index (χ1n) is 7.59. The van der Waals surface area contributed by atoms with Crippen LogP contribution in [0.25, 0.3) is 0 Å². The minimum Gasteiger partial charge on any atom is -0.338 e. The Balaban J connectivity index is 1.97. The Morgan fingerprint density at radius 2 is 2.00 bits per heavy atom. The molecule has 0 aromatic rings. The van der Waals surface area contributed by atoms with E-state index in [1.807, 2.05) is 0 Å². The summed E-state index contributed by atoms with van der Waals surface area (Å²) in [6, 6.07) is 1.06. The van der Waals surface area contributed by atoms with Crippen LogP contribution in [-0.4, -0.2) is 36.0 Å². The number of hydrogen-bond acceptors (Lipinski definition) is 2. The quantitative estimate of drug-likeness (QED) is 0.815. The van der Waals surface area contributed by atoms with Gasteiger partial charge in [-0.1, -0.05) is 27.2 Å². The second kappa shape index (κ2) is 5.60. The van der Waals surface area contributed by atoms with Gasteiger partial charge in [-0.3, -0.25) is 4.79 Å². The monoisotopic (exact) mass is 252 g/mol. The van der Waals surface area contributed by atoms with Gasteiger partial charge in [-0.15, -0.1) is 0 Å². The van der Waals surface area contributed by atoms with E-state index >= 15 is 0 Å². The topological polar surface area (TPSA) is 32.3 Å². The van der Waals surface area contributed by atoms with Gasteiger partial charge >= 0.3 is 0 Å². The normalized spacial score (nSPS) is 24.9. The van der Waals surface area contributed by atoms with Crippen molar-refractivity contribution in [3.8, 4) is 0 Å². The Labute approximate surface area is 111 Å². The van der Waals surface area contributed by atoms with Gasteiger partial charge in [0.25, 0.3) is 0 Å². The Morgan fingerprint density at radius 1 is 1.28 bits per heavy atom. The van der Waals surface area contributed by atoms with E-state index in [1.54, 1.807) is 0 Å². The second-order valence-electron chi connectivity index (χ2n) is 6.57. The summed E-state index contributed by atoms with van der Waals surface area (Å²) in [5.74, 6) is 0.361. The molecule has 1 unspecified atom stereocenters. The summed E-state index contributed by atoms with van der Waals surface area (Å²) in [6.07, 6.45) is 7.16. The molecule has 0 bridgehead atoms. The average molecular weight is 252 g/mol. The molecular formula is C15H28N2O. The van der Waals surface area contributed by atoms with Gasteiger partial charge < -0.3 is 10.2 Å². The maximum atomic E-state index is 12.6. The number of hydrogen-bond donors (Lipinski definition) is 1. The van der Waals surface area contributed by atoms with Crippen molar-refractivity contribution < 1.29 is 4.79 Å². The van der Waals surface area contributed by atoms with E-state index in [2.05, 4.69) is 31.0 Å². The van der Waals surface area contributed by atoms with Crippen molar-refractivity contribution in [2.45, 2.75) is 71.4 Å². The van der Waals surface area contributed by atoms with Crippen LogP contribution in [0, 0.1) is 5.41 Å². The predicted octanol–water partition coefficient (Wildman–Crippen LogP) is 2.56. The Hall–Kier alpha value is -0.570. The van der Waals surface area contributed by atoms with Gasteiger partial charge in [0.05, 0.1) is 0 Å². The molecule has 2 fully saturated rings. The van der Waals surface area contributed by atoms with E-state index < -0.39 is 0 Å². The lowest BCUT2D eigenvalue weighted by Crippen LogP contribution is -2.50. The molecule has 3 heteroatoms. The van der Waals surface area contributed by atoms with E-state index in [0.717, 1.165) is 19.5 Å². The molecule has 0 radical (unpaired) electrons. The average Bonchev–Trinajstić information content (AvgIpc) is 3.20. The first kappa shape index (κ1) is 13.9. The van der Waals surface area contributed by atoms with Crippen molar-refractivity contribution >= 4 is 5.91 Å². The number of piperidine rings is 1. The molecule has 1 heterocycles. The van der Waals surface area contributed by atoms with Gasteiger partial charge in [0, 0.05) is 24.0 Å². The van der Waals surface area contributed by atoms with Gasteiger partial charge in [0.15, 0.2) is 0 Å². The van der Waals surface area contributed by atoms with E-state index in [1.165, 1.54) is 32.1 Å². The van der Waals surface area contributed by atoms with Crippen LogP contribution in [0.5, 0.6) is 0 Å². The van der Waals surface area contributed by atoms with Crippen molar-refractivity contribution in [1.29, 1.82) is 0 Å². The van der Waals surface area contributed by atoms with Crippen LogP contribution in [0.2, 0.25) is 0 Å². The Morgan fingerprint density at radius 3 is 2.50 bits per heavy atom. The van der Waals surface area contributed by atoms with Crippen LogP contribution in [0.3, 0.4) is 0 Å². The molecule has 0 aromatic carbocycles. The summed E-state index contributed by atoms with van der Waals surface area (Å²) in [7, 11) is 0. The van der Waals surface area contributed by atoms with E-state index in [4.69, 9.17) is 0 Å². The molecule has 1 amide bonds. The van der Waals surface area contributed by atoms with Crippen molar-refractivity contribution in [1.82, 2.24) is 10.2 Å². The predicted molar refractivity (Wildman–Crippen MR) is 74.4 cm³/mol. The van der Waals surface area contributed by atoms with E-state index in [-0.39, 0.29) is 5.41 Å². The van der Waals surface area contributed by atoms with Crippen molar-refractivity contribution in [3.05, 3.63) is 0 Å². The molecule has 1 atom stereocenters. The summed E-state index contributed by atoms with van der Waals surface area (Å²) >= 11 is 0. The van der Waals surface area contributed by atoms with Crippen molar-refractivity contribution in [3.63, 3.8) is 0 Å². The summed E-state index contributed by atoms with van der Waals surface area (Å²) in [5.41, 5.74) is -0.197. The molecule has 1 saturated carbocycles. The summed E-state index contributed by atoms with van der Waals surface area (Å²) in [4.78, 5) is 14.8. The molecular weight excluding hydrogens is 224 g/mol. The van der Waals surface area contributed by atoms with Gasteiger partial charge in [0.1, 0.15) is 0 Å². The molecule has 0 aromatic heterocycles. The number of rotatable bonds is 5. The van der Waals surface area contributed by atoms with E-state index in [0.29, 0.717) is 18.0 Å². The van der Waals surface area contributed by atoms with Crippen molar-refractivity contribution in [2.24, 2.45) is 5.41 Å². The van der Waals surface area contributed by atoms with Gasteiger partial charge in [0.2, 0.25) is 5.91 Å². The van der Waals surface area contributed by atoms with Gasteiger partial charge in [-0.05, 0) is 38.6 Å². The van der Waals surface area contributed by atoms with Gasteiger partial charge in [-0.25, -0.2) is 0 Å². The molecule has 1 aliphatic carbocycles. The highest BCUT2D eigenvalue weighted by atomic mass is 16.2. The molecule has 1 aliphatic heterocycles. The fourth-order valence-corrected chi connectivity index (χ4v) is 2.64. The van der Waals surface area contributed by atoms with Crippen molar-refractivity contribution in [2.75, 3.05) is 13.1 Å². The largest absolute Gasteiger partial charge is 0.338 e. The summed E-state index contributed by atoms with van der Waals surface area (Å²) in [5, 5.41) is 3.56. The Bertz CT molecular complexity index is 291. The second-order valence-corrected chi connectivity index (χ2v) is 6.57. The minimum atomic E-state index is -0.197. The zero-order valence-electron chi connectivity index (χ0n) is 12.2. The molecule has 1 saturated heterocycles. The van der Waals surface area contributed by atoms with Crippen LogP contribution in [0.1, 0.15) is 59.3 Å². The molecule has 1 N–H and O–H groups in total. The number of carbonyl (C=O) groups is 1. The number of amides is 1. The molecule has 3 nitrogen and oxygen atoms in total. The fraction of sp³-hybridized carbons (Fsp3) is 0.933. The highest BCUT2D eigenvalue weighted by molar-refractivity contribution is 5.82. The smallest absolute Gasteiger partial charge is 0.228 e. The number of carbonyl (C=O) groups excluding carboxylic acids is 1. The van der Waals surface area contributed by atoms with Gasteiger partial charge in [-0.2, -0.15) is 0 Å². The third-order valence-electron chi connectivity index (χ3n) is 4.54. The van der Waals surface area contributed by atoms with E-state index in [9.17, 15) is 4.79 Å². The maximum absolute atomic E-state index is 12.6. The zero-order chi connectivity index (χ0) is 13.2. The maximum Gasteiger partial charge on any atom is 0.228 e. The summed E-state index contributed by atoms with van der Waals surface area (Å²) < 4.78 is 0. The molecule has 104 valence electrons. The van der Waals surface area contributed by atoms with Crippen LogP contribution in [-0.2, 0) is 4.79 Å². The van der Waals surface area contributed by atoms with Crippen LogP contribution < -0.4 is 5.32 Å². The highest BCUT2D eigenvalue weighted by Crippen LogP contribution is 2.33. The Kier molecular flexibility index (Phi) is 4.31. The lowest BCUT2D eigenvalue weighted by molar-refractivity contribution is -0.141. The first-order chi connectivity index (χ1) is 8.54. The lowest BCUT2D eigenvalue weighted by Gasteiger charge is -2.35. The zero-order valence-corrected chi connectivity index (χ0v) is 12.2. The standard InChI is InChI=1S/C15H28N2O/c1-4-15(2,3)14(18)17(13-8-9-13)11-12-7-5-6-10-16-12/h12-13,16H,4-11H2,1-3H3. The minimum absolute atomic E-state index is 0.197. The fourth-order valence-electron chi connectivity index (χ4n) is 2.64. The van der Waals surface area contributed by atoms with Crippen LogP contribution >= 0.6 is 0 Å². The lowest BCUT2D eigenvalue weighted by atomic mass is 9.88. The highest BCUT2D eigenvalue weighted by Gasteiger charge is 2.39. The molecule has 2 aliphatic rings. The molecule has 0 spiro atoms. The first-order valence-corrected chi connectivity index (χ1v) is 7.59. The van der Waals surface area contributed by atoms with Crippen LogP contribution in [0.4, 0.5) is 0 Å². The molecule has 18 heavy (non-hydrogen) atoms. The third-order valence-corrected chi connectivity index (χ3v) is 4.54. The van der Waals surface area contributed by atoms with Crippen LogP contribution in [0.15, 0.2) is 0 Å². The summed E-state index contributed by atoms with van der Waals surface area (Å²) in [6.45, 7) is 8.32. The number of nitrogens with one attached hydrogen (secondary N) is 1. The number of nitrogens with zero attached hydrogens (tertiary/aromatic N) is 1. The molecule has 2 rings (SSSR count). The SMILES string of the molecule is CCC(C)(C)C(=O)N(CC1CCCCN1)C1CC1. The third kappa shape index (κ3) is 3.25.